The second kappa shape index (κ2) is 5.70. The molecule has 14 heavy (non-hydrogen) atoms. The molecule has 0 radical (unpaired) electrons. The van der Waals surface area contributed by atoms with Crippen molar-refractivity contribution in [2.75, 3.05) is 0 Å². The first-order valence-electron chi connectivity index (χ1n) is 2.03. The summed E-state index contributed by atoms with van der Waals surface area (Å²) < 4.78 is -8.15. The Kier molecular flexibility index (Phi) is 6.65. The van der Waals surface area contributed by atoms with E-state index in [-0.39, 0.29) is 51.4 Å². The summed E-state index contributed by atoms with van der Waals surface area (Å²) >= 11 is -6.34. The molecule has 0 spiro atoms. The van der Waals surface area contributed by atoms with E-state index >= 15 is 0 Å². The van der Waals surface area contributed by atoms with Crippen LogP contribution in [0.25, 0.3) is 0 Å². The predicted molar refractivity (Wildman–Crippen MR) is 28.0 cm³/mol. The van der Waals surface area contributed by atoms with E-state index in [9.17, 15) is 40.5 Å². The van der Waals surface area contributed by atoms with Crippen LogP contribution < -0.4 is 51.4 Å². The van der Waals surface area contributed by atoms with Gasteiger partial charge in [-0.1, -0.05) is 0 Å². The molecule has 0 heterocycles. The molecular formula is KN4O8Pd. The summed E-state index contributed by atoms with van der Waals surface area (Å²) in [4.78, 5) is 39.6. The average molecular weight is 330 g/mol. The quantitative estimate of drug-likeness (QED) is 0.284. The topological polar surface area (TPSA) is 173 Å². The van der Waals surface area contributed by atoms with Gasteiger partial charge >= 0.3 is 123 Å². The van der Waals surface area contributed by atoms with Crippen LogP contribution in [0, 0.1) is 40.5 Å². The van der Waals surface area contributed by atoms with E-state index in [0.29, 0.717) is 0 Å². The van der Waals surface area contributed by atoms with Gasteiger partial charge in [-0.2, -0.15) is 0 Å². The first kappa shape index (κ1) is 16.3. The maximum atomic E-state index is 9.89. The number of hydrogen-bond acceptors (Lipinski definition) is 8. The van der Waals surface area contributed by atoms with Crippen molar-refractivity contribution in [1.82, 2.24) is 0 Å². The van der Waals surface area contributed by atoms with E-state index in [2.05, 4.69) is 0 Å². The fourth-order valence-corrected chi connectivity index (χ4v) is 1.50. The summed E-state index contributed by atoms with van der Waals surface area (Å²) in [5, 5.41) is 39.6. The first-order chi connectivity index (χ1) is 5.77. The van der Waals surface area contributed by atoms with Gasteiger partial charge in [0.1, 0.15) is 0 Å². The van der Waals surface area contributed by atoms with Crippen LogP contribution >= 0.6 is 0 Å². The van der Waals surface area contributed by atoms with E-state index in [1.54, 1.807) is 0 Å². The number of nitro groups is 4. The Bertz CT molecular complexity index is 236. The molecule has 79 valence electrons. The molecule has 0 amide bonds. The summed E-state index contributed by atoms with van der Waals surface area (Å²) in [6.07, 6.45) is 0. The van der Waals surface area contributed by atoms with Crippen molar-refractivity contribution in [3.05, 3.63) is 40.5 Å². The molecule has 0 saturated heterocycles. The van der Waals surface area contributed by atoms with Crippen molar-refractivity contribution in [2.45, 2.75) is 0 Å². The molecule has 0 aromatic carbocycles. The van der Waals surface area contributed by atoms with E-state index in [4.69, 9.17) is 0 Å². The van der Waals surface area contributed by atoms with Gasteiger partial charge in [0.2, 0.25) is 0 Å². The van der Waals surface area contributed by atoms with Crippen LogP contribution in [-0.4, -0.2) is 14.2 Å². The van der Waals surface area contributed by atoms with E-state index in [1.165, 1.54) is 0 Å². The van der Waals surface area contributed by atoms with E-state index in [1.807, 2.05) is 0 Å². The molecule has 0 unspecified atom stereocenters. The standard InChI is InChI=1S/K.4NO2.Pd/c;4*2-1-3;/q+1;;;;;-1. The van der Waals surface area contributed by atoms with E-state index in [0.717, 1.165) is 0 Å². The summed E-state index contributed by atoms with van der Waals surface area (Å²) in [5.74, 6) is 0. The minimum absolute atomic E-state index is 0. The molecule has 0 aliphatic rings. The third-order valence-corrected chi connectivity index (χ3v) is 3.67. The molecule has 0 atom stereocenters. The van der Waals surface area contributed by atoms with Crippen molar-refractivity contribution >= 4 is 0 Å². The molecule has 12 nitrogen and oxygen atoms in total. The average Bonchev–Trinajstić information content (AvgIpc) is 1.82. The van der Waals surface area contributed by atoms with Crippen molar-refractivity contribution in [3.63, 3.8) is 0 Å². The van der Waals surface area contributed by atoms with Gasteiger partial charge in [0, 0.05) is 0 Å². The fraction of sp³-hybridized carbons (Fsp3) is 0. The molecule has 14 heteroatoms. The predicted octanol–water partition coefficient (Wildman–Crippen LogP) is -4.09. The Morgan fingerprint density at radius 2 is 0.786 bits per heavy atom. The van der Waals surface area contributed by atoms with E-state index < -0.39 is 30.7 Å². The molecule has 0 bridgehead atoms. The minimum Gasteiger partial charge on any atom is 1.00 e. The molecule has 0 aliphatic carbocycles. The zero-order valence-electron chi connectivity index (χ0n) is 6.37. The number of nitrogens with zero attached hydrogens (tertiary/aromatic N) is 4. The molecule has 0 saturated carbocycles. The normalized spacial score (nSPS) is 10.9. The summed E-state index contributed by atoms with van der Waals surface area (Å²) in [5.41, 5.74) is 0. The largest absolute Gasteiger partial charge is 1.00 e. The van der Waals surface area contributed by atoms with Gasteiger partial charge in [-0.25, -0.2) is 0 Å². The van der Waals surface area contributed by atoms with Crippen molar-refractivity contribution in [2.24, 2.45) is 0 Å². The van der Waals surface area contributed by atoms with Gasteiger partial charge < -0.3 is 0 Å². The zero-order chi connectivity index (χ0) is 10.8. The van der Waals surface area contributed by atoms with Crippen LogP contribution in [0.1, 0.15) is 0 Å². The van der Waals surface area contributed by atoms with Crippen LogP contribution in [0.2, 0.25) is 0 Å². The molecule has 0 N–H and O–H groups in total. The fourth-order valence-electron chi connectivity index (χ4n) is 0.253. The number of hydrogen-bond donors (Lipinski definition) is 0. The van der Waals surface area contributed by atoms with Crippen LogP contribution in [0.4, 0.5) is 0 Å². The molecule has 0 aromatic heterocycles. The summed E-state index contributed by atoms with van der Waals surface area (Å²) in [6.45, 7) is 0. The second-order valence-electron chi connectivity index (χ2n) is 1.14. The van der Waals surface area contributed by atoms with Crippen molar-refractivity contribution in [1.29, 1.82) is 0 Å². The zero-order valence-corrected chi connectivity index (χ0v) is 11.0. The maximum absolute atomic E-state index is 9.89. The van der Waals surface area contributed by atoms with Crippen LogP contribution in [0.3, 0.4) is 0 Å². The second-order valence-corrected chi connectivity index (χ2v) is 5.28. The van der Waals surface area contributed by atoms with Gasteiger partial charge in [-0.3, -0.25) is 0 Å². The Balaban J connectivity index is 0. The third-order valence-electron chi connectivity index (χ3n) is 0.620. The number of rotatable bonds is 4. The van der Waals surface area contributed by atoms with Crippen LogP contribution in [0.5, 0.6) is 0 Å². The SMILES string of the molecule is O=[N+]([O-])[Pd-]([N+](=O)[O-])([N+](=O)[O-])[N+](=O)[O-].[K+]. The Hall–Kier alpha value is -0.101. The monoisotopic (exact) mass is 329 g/mol. The third kappa shape index (κ3) is 2.47. The first-order valence-corrected chi connectivity index (χ1v) is 4.81. The van der Waals surface area contributed by atoms with Gasteiger partial charge in [-0.15, -0.1) is 0 Å². The Morgan fingerprint density at radius 1 is 0.643 bits per heavy atom. The molecule has 0 rings (SSSR count). The summed E-state index contributed by atoms with van der Waals surface area (Å²) in [6, 6.07) is 0. The molecule has 0 aromatic rings. The maximum Gasteiger partial charge on any atom is 1.00 e. The molecular weight excluding hydrogens is 330 g/mol. The Morgan fingerprint density at radius 3 is 0.786 bits per heavy atom. The van der Waals surface area contributed by atoms with Crippen LogP contribution in [-0.2, 0) is 16.5 Å². The van der Waals surface area contributed by atoms with Crippen molar-refractivity contribution in [3.8, 4) is 0 Å². The summed E-state index contributed by atoms with van der Waals surface area (Å²) in [7, 11) is 0. The van der Waals surface area contributed by atoms with Gasteiger partial charge in [-0.05, 0) is 0 Å². The van der Waals surface area contributed by atoms with Gasteiger partial charge in [0.05, 0.1) is 0 Å². The van der Waals surface area contributed by atoms with Gasteiger partial charge in [0.25, 0.3) is 0 Å². The smallest absolute Gasteiger partial charge is 1.00 e. The Labute approximate surface area is 121 Å². The minimum atomic E-state index is -6.34. The van der Waals surface area contributed by atoms with Crippen LogP contribution in [0.15, 0.2) is 0 Å². The van der Waals surface area contributed by atoms with Crippen molar-refractivity contribution < 1.29 is 82.1 Å². The molecule has 0 fully saturated rings. The molecule has 0 aliphatic heterocycles. The van der Waals surface area contributed by atoms with Gasteiger partial charge in [0.15, 0.2) is 0 Å².